The van der Waals surface area contributed by atoms with E-state index in [4.69, 9.17) is 4.74 Å². The van der Waals surface area contributed by atoms with E-state index in [1.54, 1.807) is 20.2 Å². The second kappa shape index (κ2) is 8.91. The van der Waals surface area contributed by atoms with E-state index in [9.17, 15) is 14.7 Å². The zero-order valence-electron chi connectivity index (χ0n) is 17.4. The molecular formula is C24H24N2O4S. The molecule has 1 aliphatic rings. The van der Waals surface area contributed by atoms with Crippen LogP contribution in [0.2, 0.25) is 0 Å². The molecule has 1 aromatic heterocycles. The Kier molecular flexibility index (Phi) is 6.06. The largest absolute Gasteiger partial charge is 0.477 e. The highest BCUT2D eigenvalue weighted by Crippen LogP contribution is 2.44. The number of carboxylic acid groups (broad SMARTS) is 1. The van der Waals surface area contributed by atoms with Crippen LogP contribution >= 0.6 is 11.3 Å². The summed E-state index contributed by atoms with van der Waals surface area (Å²) in [5.74, 6) is -0.957. The van der Waals surface area contributed by atoms with Gasteiger partial charge in [0.1, 0.15) is 11.5 Å². The van der Waals surface area contributed by atoms with E-state index >= 15 is 0 Å². The molecule has 7 heteroatoms. The van der Waals surface area contributed by atoms with Crippen LogP contribution in [-0.2, 0) is 17.8 Å². The second-order valence-corrected chi connectivity index (χ2v) is 8.69. The molecule has 0 saturated heterocycles. The summed E-state index contributed by atoms with van der Waals surface area (Å²) < 4.78 is 5.69. The van der Waals surface area contributed by atoms with Gasteiger partial charge in [-0.2, -0.15) is 0 Å². The number of nitrogens with one attached hydrogen (secondary N) is 1. The van der Waals surface area contributed by atoms with Gasteiger partial charge < -0.3 is 20.1 Å². The number of benzene rings is 2. The lowest BCUT2D eigenvalue weighted by Crippen LogP contribution is -2.28. The molecule has 160 valence electrons. The van der Waals surface area contributed by atoms with Crippen LogP contribution < -0.4 is 5.32 Å². The van der Waals surface area contributed by atoms with Crippen molar-refractivity contribution in [2.75, 3.05) is 20.7 Å². The smallest absolute Gasteiger partial charge is 0.409 e. The first-order valence-corrected chi connectivity index (χ1v) is 10.9. The number of nitrogens with zero attached hydrogens (tertiary/aromatic N) is 1. The fourth-order valence-electron chi connectivity index (χ4n) is 4.04. The SMILES string of the molecule is CNCc1sc(C(=O)O)cc1CN(C)C(=O)OCC1c2ccccc2-c2ccccc21. The van der Waals surface area contributed by atoms with Crippen LogP contribution in [0.5, 0.6) is 0 Å². The summed E-state index contributed by atoms with van der Waals surface area (Å²) in [6.07, 6.45) is -0.430. The van der Waals surface area contributed by atoms with Gasteiger partial charge in [-0.1, -0.05) is 48.5 Å². The Bertz CT molecular complexity index is 1080. The van der Waals surface area contributed by atoms with E-state index in [2.05, 4.69) is 29.6 Å². The lowest BCUT2D eigenvalue weighted by molar-refractivity contribution is 0.0702. The van der Waals surface area contributed by atoms with Gasteiger partial charge in [0.15, 0.2) is 0 Å². The van der Waals surface area contributed by atoms with E-state index in [0.29, 0.717) is 6.54 Å². The standard InChI is InChI=1S/C24H24N2O4S/c1-25-12-22-15(11-21(31-22)23(27)28)13-26(2)24(29)30-14-20-18-9-5-3-7-16(18)17-8-4-6-10-19(17)20/h3-11,20,25H,12-14H2,1-2H3,(H,27,28). The minimum absolute atomic E-state index is 0.00404. The number of carbonyl (C=O) groups excluding carboxylic acids is 1. The third-order valence-electron chi connectivity index (χ3n) is 5.50. The number of carbonyl (C=O) groups is 2. The van der Waals surface area contributed by atoms with Crippen LogP contribution in [-0.4, -0.2) is 42.8 Å². The third-order valence-corrected chi connectivity index (χ3v) is 6.67. The molecule has 0 aliphatic heterocycles. The molecule has 2 aromatic carbocycles. The number of fused-ring (bicyclic) bond motifs is 3. The molecule has 3 aromatic rings. The lowest BCUT2D eigenvalue weighted by atomic mass is 9.98. The van der Waals surface area contributed by atoms with Crippen molar-refractivity contribution in [2.24, 2.45) is 0 Å². The molecule has 0 bridgehead atoms. The van der Waals surface area contributed by atoms with Gasteiger partial charge in [-0.15, -0.1) is 11.3 Å². The van der Waals surface area contributed by atoms with Gasteiger partial charge in [0.2, 0.25) is 0 Å². The van der Waals surface area contributed by atoms with E-state index in [1.165, 1.54) is 38.5 Å². The second-order valence-electron chi connectivity index (χ2n) is 7.55. The fourth-order valence-corrected chi connectivity index (χ4v) is 5.07. The Morgan fingerprint density at radius 3 is 2.29 bits per heavy atom. The first kappa shape index (κ1) is 21.1. The minimum Gasteiger partial charge on any atom is -0.477 e. The van der Waals surface area contributed by atoms with Crippen molar-refractivity contribution in [3.05, 3.63) is 81.0 Å². The van der Waals surface area contributed by atoms with Crippen LogP contribution in [0.25, 0.3) is 11.1 Å². The van der Waals surface area contributed by atoms with Crippen molar-refractivity contribution in [3.63, 3.8) is 0 Å². The van der Waals surface area contributed by atoms with Crippen molar-refractivity contribution in [2.45, 2.75) is 19.0 Å². The van der Waals surface area contributed by atoms with E-state index < -0.39 is 12.1 Å². The minimum atomic E-state index is -0.961. The number of hydrogen-bond donors (Lipinski definition) is 2. The molecule has 6 nitrogen and oxygen atoms in total. The Balaban J connectivity index is 1.46. The first-order valence-electron chi connectivity index (χ1n) is 10.0. The number of aromatic carboxylic acids is 1. The van der Waals surface area contributed by atoms with Crippen molar-refractivity contribution < 1.29 is 19.4 Å². The molecular weight excluding hydrogens is 412 g/mol. The van der Waals surface area contributed by atoms with E-state index in [0.717, 1.165) is 10.4 Å². The van der Waals surface area contributed by atoms with Gasteiger partial charge in [0.25, 0.3) is 0 Å². The number of amides is 1. The van der Waals surface area contributed by atoms with Gasteiger partial charge in [-0.25, -0.2) is 9.59 Å². The molecule has 1 amide bonds. The zero-order chi connectivity index (χ0) is 22.0. The molecule has 0 spiro atoms. The number of thiophene rings is 1. The molecule has 4 rings (SSSR count). The van der Waals surface area contributed by atoms with Gasteiger partial charge in [0.05, 0.1) is 0 Å². The van der Waals surface area contributed by atoms with E-state index in [1.807, 2.05) is 24.3 Å². The topological polar surface area (TPSA) is 78.9 Å². The molecule has 0 fully saturated rings. The van der Waals surface area contributed by atoms with Gasteiger partial charge in [0, 0.05) is 30.9 Å². The molecule has 0 saturated carbocycles. The van der Waals surface area contributed by atoms with Crippen molar-refractivity contribution >= 4 is 23.4 Å². The third kappa shape index (κ3) is 4.19. The highest BCUT2D eigenvalue weighted by molar-refractivity contribution is 7.14. The Morgan fingerprint density at radius 1 is 1.10 bits per heavy atom. The molecule has 1 aliphatic carbocycles. The van der Waals surface area contributed by atoms with Crippen LogP contribution in [0, 0.1) is 0 Å². The Labute approximate surface area is 185 Å². The molecule has 0 unspecified atom stereocenters. The lowest BCUT2D eigenvalue weighted by Gasteiger charge is -2.20. The van der Waals surface area contributed by atoms with Gasteiger partial charge in [-0.3, -0.25) is 0 Å². The van der Waals surface area contributed by atoms with Crippen molar-refractivity contribution in [1.29, 1.82) is 0 Å². The normalized spacial score (nSPS) is 12.3. The van der Waals surface area contributed by atoms with E-state index in [-0.39, 0.29) is 23.9 Å². The summed E-state index contributed by atoms with van der Waals surface area (Å²) in [6, 6.07) is 18.0. The summed E-state index contributed by atoms with van der Waals surface area (Å²) in [6.45, 7) is 1.09. The molecule has 31 heavy (non-hydrogen) atoms. The monoisotopic (exact) mass is 436 g/mol. The highest BCUT2D eigenvalue weighted by Gasteiger charge is 2.29. The fraction of sp³-hybridized carbons (Fsp3) is 0.250. The molecule has 0 atom stereocenters. The van der Waals surface area contributed by atoms with Gasteiger partial charge >= 0.3 is 12.1 Å². The van der Waals surface area contributed by atoms with Crippen LogP contribution in [0.15, 0.2) is 54.6 Å². The average Bonchev–Trinajstić information content (AvgIpc) is 3.31. The summed E-state index contributed by atoms with van der Waals surface area (Å²) in [7, 11) is 3.47. The summed E-state index contributed by atoms with van der Waals surface area (Å²) >= 11 is 1.22. The van der Waals surface area contributed by atoms with Crippen molar-refractivity contribution in [1.82, 2.24) is 10.2 Å². The number of carboxylic acids is 1. The molecule has 2 N–H and O–H groups in total. The maximum Gasteiger partial charge on any atom is 0.409 e. The maximum absolute atomic E-state index is 12.7. The molecule has 1 heterocycles. The maximum atomic E-state index is 12.7. The van der Waals surface area contributed by atoms with Crippen LogP contribution in [0.1, 0.15) is 37.2 Å². The van der Waals surface area contributed by atoms with Crippen molar-refractivity contribution in [3.8, 4) is 11.1 Å². The number of hydrogen-bond acceptors (Lipinski definition) is 5. The van der Waals surface area contributed by atoms with Gasteiger partial charge in [-0.05, 0) is 40.9 Å². The number of rotatable bonds is 7. The predicted octanol–water partition coefficient (Wildman–Crippen LogP) is 4.55. The quantitative estimate of drug-likeness (QED) is 0.568. The summed E-state index contributed by atoms with van der Waals surface area (Å²) in [5.41, 5.74) is 5.51. The number of ether oxygens (including phenoxy) is 1. The Morgan fingerprint density at radius 2 is 1.71 bits per heavy atom. The summed E-state index contributed by atoms with van der Waals surface area (Å²) in [5, 5.41) is 12.3. The van der Waals surface area contributed by atoms with Crippen LogP contribution in [0.3, 0.4) is 0 Å². The Hall–Kier alpha value is -3.16. The zero-order valence-corrected chi connectivity index (χ0v) is 18.2. The highest BCUT2D eigenvalue weighted by atomic mass is 32.1. The van der Waals surface area contributed by atoms with Crippen LogP contribution in [0.4, 0.5) is 4.79 Å². The predicted molar refractivity (Wildman–Crippen MR) is 121 cm³/mol. The summed E-state index contributed by atoms with van der Waals surface area (Å²) in [4.78, 5) is 26.7. The average molecular weight is 437 g/mol. The molecule has 0 radical (unpaired) electrons. The first-order chi connectivity index (χ1) is 15.0.